The summed E-state index contributed by atoms with van der Waals surface area (Å²) in [5, 5.41) is 0. The third-order valence-corrected chi connectivity index (χ3v) is 4.88. The van der Waals surface area contributed by atoms with Gasteiger partial charge < -0.3 is 23.8 Å². The Morgan fingerprint density at radius 3 is 2.52 bits per heavy atom. The van der Waals surface area contributed by atoms with Crippen molar-refractivity contribution in [3.8, 4) is 0 Å². The van der Waals surface area contributed by atoms with Gasteiger partial charge in [0.05, 0.1) is 6.33 Å². The first-order valence-electron chi connectivity index (χ1n) is 8.51. The maximum absolute atomic E-state index is 12.8. The number of aromatic nitrogens is 2. The van der Waals surface area contributed by atoms with Gasteiger partial charge in [0.15, 0.2) is 0 Å². The molecule has 2 aliphatic rings. The lowest BCUT2D eigenvalue weighted by atomic mass is 10.0. The molecule has 136 valence electrons. The first-order chi connectivity index (χ1) is 12.0. The van der Waals surface area contributed by atoms with Gasteiger partial charge in [-0.2, -0.15) is 0 Å². The Morgan fingerprint density at radius 2 is 1.84 bits per heavy atom. The number of allylic oxidation sites excluding steroid dienone is 1. The molecule has 1 aromatic heterocycles. The Kier molecular flexibility index (Phi) is 4.96. The van der Waals surface area contributed by atoms with E-state index in [-0.39, 0.29) is 36.2 Å². The van der Waals surface area contributed by atoms with Crippen molar-refractivity contribution < 1.29 is 19.1 Å². The molecule has 0 aliphatic carbocycles. The van der Waals surface area contributed by atoms with E-state index in [4.69, 9.17) is 9.47 Å². The normalized spacial score (nSPS) is 24.0. The van der Waals surface area contributed by atoms with Gasteiger partial charge in [-0.25, -0.2) is 4.98 Å². The Bertz CT molecular complexity index is 670. The highest BCUT2D eigenvalue weighted by atomic mass is 16.6. The second-order valence-corrected chi connectivity index (χ2v) is 6.38. The highest BCUT2D eigenvalue weighted by molar-refractivity contribution is 5.92. The van der Waals surface area contributed by atoms with Crippen molar-refractivity contribution in [3.05, 3.63) is 30.2 Å². The lowest BCUT2D eigenvalue weighted by Crippen LogP contribution is -2.61. The summed E-state index contributed by atoms with van der Waals surface area (Å²) in [4.78, 5) is 32.9. The molecule has 1 fully saturated rings. The van der Waals surface area contributed by atoms with Crippen molar-refractivity contribution in [2.45, 2.75) is 39.4 Å². The first-order valence-corrected chi connectivity index (χ1v) is 8.51. The number of nitrogens with zero attached hydrogens (tertiary/aromatic N) is 4. The van der Waals surface area contributed by atoms with Crippen LogP contribution in [0.1, 0.15) is 20.8 Å². The van der Waals surface area contributed by atoms with Crippen LogP contribution >= 0.6 is 0 Å². The molecule has 1 saturated heterocycles. The number of amides is 2. The van der Waals surface area contributed by atoms with E-state index in [0.717, 1.165) is 0 Å². The topological polar surface area (TPSA) is 76.9 Å². The average molecular weight is 348 g/mol. The van der Waals surface area contributed by atoms with Crippen LogP contribution in [-0.2, 0) is 25.6 Å². The number of imidazole rings is 1. The van der Waals surface area contributed by atoms with Crippen molar-refractivity contribution in [1.82, 2.24) is 19.4 Å². The molecule has 0 saturated carbocycles. The molecule has 2 aliphatic heterocycles. The van der Waals surface area contributed by atoms with Gasteiger partial charge in [-0.15, -0.1) is 0 Å². The van der Waals surface area contributed by atoms with E-state index in [9.17, 15) is 9.59 Å². The van der Waals surface area contributed by atoms with Crippen LogP contribution < -0.4 is 0 Å². The second kappa shape index (κ2) is 7.16. The minimum Gasteiger partial charge on any atom is -0.491 e. The lowest BCUT2D eigenvalue weighted by molar-refractivity contribution is -0.147. The number of ether oxygens (including phenoxy) is 2. The first kappa shape index (κ1) is 17.3. The molecule has 8 heteroatoms. The zero-order valence-electron chi connectivity index (χ0n) is 14.8. The predicted octanol–water partition coefficient (Wildman–Crippen LogP) is 0.609. The molecule has 2 atom stereocenters. The van der Waals surface area contributed by atoms with Gasteiger partial charge in [-0.1, -0.05) is 0 Å². The molecule has 25 heavy (non-hydrogen) atoms. The standard InChI is InChI=1S/C17H24N4O4/c1-12-13(2)21(17(23)16-14(3)24-8-9-25-16)7-6-20(12)15(22)10-19-5-4-18-11-19/h4-5,11-13H,6-10H2,1-3H3/t12-,13+/m1/s1. The summed E-state index contributed by atoms with van der Waals surface area (Å²) in [6.07, 6.45) is 5.04. The maximum Gasteiger partial charge on any atom is 0.292 e. The second-order valence-electron chi connectivity index (χ2n) is 6.38. The molecule has 3 rings (SSSR count). The van der Waals surface area contributed by atoms with Crippen molar-refractivity contribution >= 4 is 11.8 Å². The fourth-order valence-corrected chi connectivity index (χ4v) is 3.26. The van der Waals surface area contributed by atoms with E-state index in [1.165, 1.54) is 0 Å². The molecule has 1 aromatic rings. The molecular weight excluding hydrogens is 324 g/mol. The fraction of sp³-hybridized carbons (Fsp3) is 0.588. The van der Waals surface area contributed by atoms with E-state index in [1.807, 2.05) is 18.7 Å². The van der Waals surface area contributed by atoms with Crippen LogP contribution in [0.3, 0.4) is 0 Å². The maximum atomic E-state index is 12.8. The minimum absolute atomic E-state index is 0.0251. The molecule has 0 radical (unpaired) electrons. The summed E-state index contributed by atoms with van der Waals surface area (Å²) < 4.78 is 12.7. The number of carbonyl (C=O) groups is 2. The van der Waals surface area contributed by atoms with Gasteiger partial charge in [0, 0.05) is 37.6 Å². The molecule has 2 amide bonds. The van der Waals surface area contributed by atoms with Gasteiger partial charge in [-0.3, -0.25) is 9.59 Å². The number of hydrogen-bond donors (Lipinski definition) is 0. The number of rotatable bonds is 3. The summed E-state index contributed by atoms with van der Waals surface area (Å²) >= 11 is 0. The molecule has 3 heterocycles. The third-order valence-electron chi connectivity index (χ3n) is 4.88. The number of carbonyl (C=O) groups excluding carboxylic acids is 2. The Balaban J connectivity index is 1.67. The predicted molar refractivity (Wildman–Crippen MR) is 89.2 cm³/mol. The van der Waals surface area contributed by atoms with Crippen LogP contribution in [0.5, 0.6) is 0 Å². The third kappa shape index (κ3) is 3.47. The van der Waals surface area contributed by atoms with E-state index in [0.29, 0.717) is 32.1 Å². The Hall–Kier alpha value is -2.51. The quantitative estimate of drug-likeness (QED) is 0.800. The van der Waals surface area contributed by atoms with Crippen LogP contribution in [0, 0.1) is 0 Å². The summed E-state index contributed by atoms with van der Waals surface area (Å²) in [5.41, 5.74) is 0. The zero-order valence-corrected chi connectivity index (χ0v) is 14.8. The Labute approximate surface area is 147 Å². The van der Waals surface area contributed by atoms with Crippen LogP contribution in [0.15, 0.2) is 30.2 Å². The van der Waals surface area contributed by atoms with Crippen LogP contribution in [0.4, 0.5) is 0 Å². The van der Waals surface area contributed by atoms with Gasteiger partial charge in [0.2, 0.25) is 11.7 Å². The number of hydrogen-bond acceptors (Lipinski definition) is 5. The summed E-state index contributed by atoms with van der Waals surface area (Å²) in [6, 6.07) is -0.196. The highest BCUT2D eigenvalue weighted by Gasteiger charge is 2.38. The van der Waals surface area contributed by atoms with Gasteiger partial charge in [0.1, 0.15) is 25.5 Å². The van der Waals surface area contributed by atoms with Crippen LogP contribution in [0.25, 0.3) is 0 Å². The molecule has 0 spiro atoms. The molecular formula is C17H24N4O4. The molecule has 0 aromatic carbocycles. The lowest BCUT2D eigenvalue weighted by Gasteiger charge is -2.45. The largest absolute Gasteiger partial charge is 0.491 e. The van der Waals surface area contributed by atoms with E-state index >= 15 is 0 Å². The smallest absolute Gasteiger partial charge is 0.292 e. The highest BCUT2D eigenvalue weighted by Crippen LogP contribution is 2.23. The van der Waals surface area contributed by atoms with Crippen molar-refractivity contribution in [2.24, 2.45) is 0 Å². The number of piperazine rings is 1. The zero-order chi connectivity index (χ0) is 18.0. The molecule has 8 nitrogen and oxygen atoms in total. The molecule has 0 N–H and O–H groups in total. The minimum atomic E-state index is -0.168. The average Bonchev–Trinajstić information content (AvgIpc) is 3.10. The van der Waals surface area contributed by atoms with Gasteiger partial charge >= 0.3 is 0 Å². The van der Waals surface area contributed by atoms with Crippen molar-refractivity contribution in [3.63, 3.8) is 0 Å². The SMILES string of the molecule is CC1=C(C(=O)N2CCN(C(=O)Cn3ccnc3)[C@H](C)[C@@H]2C)OCCO1. The van der Waals surface area contributed by atoms with E-state index < -0.39 is 0 Å². The van der Waals surface area contributed by atoms with Gasteiger partial charge in [-0.05, 0) is 20.8 Å². The fourth-order valence-electron chi connectivity index (χ4n) is 3.26. The summed E-state index contributed by atoms with van der Waals surface area (Å²) in [7, 11) is 0. The van der Waals surface area contributed by atoms with Crippen LogP contribution in [0.2, 0.25) is 0 Å². The monoisotopic (exact) mass is 348 g/mol. The van der Waals surface area contributed by atoms with E-state index in [1.54, 1.807) is 35.1 Å². The van der Waals surface area contributed by atoms with E-state index in [2.05, 4.69) is 4.98 Å². The van der Waals surface area contributed by atoms with Crippen LogP contribution in [-0.4, -0.2) is 69.6 Å². The Morgan fingerprint density at radius 1 is 1.16 bits per heavy atom. The summed E-state index contributed by atoms with van der Waals surface area (Å²) in [5.74, 6) is 0.661. The van der Waals surface area contributed by atoms with Gasteiger partial charge in [0.25, 0.3) is 5.91 Å². The molecule has 0 bridgehead atoms. The summed E-state index contributed by atoms with van der Waals surface area (Å²) in [6.45, 7) is 7.74. The molecule has 0 unspecified atom stereocenters. The van der Waals surface area contributed by atoms with Crippen molar-refractivity contribution in [1.29, 1.82) is 0 Å². The van der Waals surface area contributed by atoms with Crippen molar-refractivity contribution in [2.75, 3.05) is 26.3 Å².